The van der Waals surface area contributed by atoms with E-state index >= 15 is 0 Å². The standard InChI is InChI=1S/C34H42N2O.2ClH/c1-26-7-5-9-29(21-26)23-36-18-6-11-30-13-14-31(22-33(30)25-36)34(37)15-12-28-16-19-35(20-17-28)24-32-10-4-3-8-27(32)2;;/h3-5,7-10,13-14,21-22,28H,6,11-12,15-20,23-25H2,1-2H3;2*1H. The third-order valence-corrected chi connectivity index (χ3v) is 8.47. The highest BCUT2D eigenvalue weighted by Crippen LogP contribution is 2.26. The fraction of sp³-hybridized carbons (Fsp3) is 0.441. The van der Waals surface area contributed by atoms with Crippen molar-refractivity contribution in [2.24, 2.45) is 5.92 Å². The Balaban J connectivity index is 0.00000210. The van der Waals surface area contributed by atoms with Crippen LogP contribution >= 0.6 is 24.8 Å². The van der Waals surface area contributed by atoms with E-state index in [1.807, 2.05) is 0 Å². The van der Waals surface area contributed by atoms with Gasteiger partial charge in [0.2, 0.25) is 0 Å². The molecule has 0 N–H and O–H groups in total. The number of hydrogen-bond donors (Lipinski definition) is 0. The van der Waals surface area contributed by atoms with E-state index in [2.05, 4.69) is 90.4 Å². The maximum Gasteiger partial charge on any atom is 0.162 e. The molecule has 0 unspecified atom stereocenters. The van der Waals surface area contributed by atoms with Gasteiger partial charge in [0.1, 0.15) is 0 Å². The number of carbonyl (C=O) groups excluding carboxylic acids is 1. The zero-order valence-electron chi connectivity index (χ0n) is 23.5. The van der Waals surface area contributed by atoms with Crippen LogP contribution in [0.4, 0.5) is 0 Å². The van der Waals surface area contributed by atoms with Gasteiger partial charge in [-0.3, -0.25) is 14.6 Å². The molecule has 0 atom stereocenters. The first-order valence-corrected chi connectivity index (χ1v) is 14.2. The molecular weight excluding hydrogens is 523 g/mol. The van der Waals surface area contributed by atoms with Crippen LogP contribution in [0.15, 0.2) is 66.7 Å². The normalized spacial score (nSPS) is 16.5. The van der Waals surface area contributed by atoms with Crippen molar-refractivity contribution in [2.45, 2.75) is 72.0 Å². The molecule has 1 fully saturated rings. The molecule has 39 heavy (non-hydrogen) atoms. The zero-order valence-corrected chi connectivity index (χ0v) is 25.2. The molecule has 210 valence electrons. The minimum absolute atomic E-state index is 0. The van der Waals surface area contributed by atoms with Gasteiger partial charge in [0, 0.05) is 31.6 Å². The second-order valence-electron chi connectivity index (χ2n) is 11.4. The summed E-state index contributed by atoms with van der Waals surface area (Å²) in [5.41, 5.74) is 9.20. The van der Waals surface area contributed by atoms with E-state index in [0.717, 1.165) is 57.7 Å². The fourth-order valence-electron chi connectivity index (χ4n) is 6.15. The lowest BCUT2D eigenvalue weighted by Crippen LogP contribution is -2.33. The average molecular weight is 568 g/mol. The topological polar surface area (TPSA) is 23.6 Å². The number of likely N-dealkylation sites (tertiary alicyclic amines) is 1. The van der Waals surface area contributed by atoms with E-state index < -0.39 is 0 Å². The monoisotopic (exact) mass is 566 g/mol. The van der Waals surface area contributed by atoms with Gasteiger partial charge in [-0.05, 0) is 105 Å². The molecule has 0 saturated carbocycles. The van der Waals surface area contributed by atoms with Crippen LogP contribution in [0.3, 0.4) is 0 Å². The number of hydrogen-bond acceptors (Lipinski definition) is 3. The summed E-state index contributed by atoms with van der Waals surface area (Å²) in [6.45, 7) is 10.7. The van der Waals surface area contributed by atoms with Crippen molar-refractivity contribution < 1.29 is 4.79 Å². The quantitative estimate of drug-likeness (QED) is 0.258. The van der Waals surface area contributed by atoms with Crippen molar-refractivity contribution in [2.75, 3.05) is 19.6 Å². The van der Waals surface area contributed by atoms with Crippen LogP contribution in [0.5, 0.6) is 0 Å². The first-order chi connectivity index (χ1) is 18.0. The molecule has 0 bridgehead atoms. The van der Waals surface area contributed by atoms with E-state index in [1.54, 1.807) is 0 Å². The van der Waals surface area contributed by atoms with Crippen LogP contribution in [0.2, 0.25) is 0 Å². The number of nitrogens with zero attached hydrogens (tertiary/aromatic N) is 2. The van der Waals surface area contributed by atoms with Gasteiger partial charge in [-0.1, -0.05) is 66.2 Å². The van der Waals surface area contributed by atoms with Crippen molar-refractivity contribution >= 4 is 30.6 Å². The van der Waals surface area contributed by atoms with Gasteiger partial charge in [0.15, 0.2) is 5.78 Å². The molecule has 5 rings (SSSR count). The number of piperidine rings is 1. The second-order valence-corrected chi connectivity index (χ2v) is 11.4. The van der Waals surface area contributed by atoms with Gasteiger partial charge in [-0.25, -0.2) is 0 Å². The van der Waals surface area contributed by atoms with Gasteiger partial charge in [0.05, 0.1) is 0 Å². The molecule has 3 aromatic rings. The Morgan fingerprint density at radius 3 is 2.38 bits per heavy atom. The molecule has 2 aliphatic rings. The number of benzene rings is 3. The molecule has 0 spiro atoms. The van der Waals surface area contributed by atoms with Crippen LogP contribution in [0.25, 0.3) is 0 Å². The van der Waals surface area contributed by atoms with Crippen LogP contribution in [-0.4, -0.2) is 35.2 Å². The Morgan fingerprint density at radius 1 is 0.821 bits per heavy atom. The predicted molar refractivity (Wildman–Crippen MR) is 167 cm³/mol. The summed E-state index contributed by atoms with van der Waals surface area (Å²) in [5, 5.41) is 0. The Labute approximate surface area is 247 Å². The first-order valence-electron chi connectivity index (χ1n) is 14.2. The van der Waals surface area contributed by atoms with E-state index in [9.17, 15) is 4.79 Å². The van der Waals surface area contributed by atoms with Crippen molar-refractivity contribution in [3.05, 3.63) is 106 Å². The molecule has 0 aromatic heterocycles. The first kappa shape index (κ1) is 31.4. The number of aryl methyl sites for hydroxylation is 3. The maximum atomic E-state index is 13.2. The SMILES string of the molecule is Cc1cccc(CN2CCCc3ccc(C(=O)CCC4CCN(Cc5ccccc5C)CC4)cc3C2)c1.Cl.Cl. The van der Waals surface area contributed by atoms with Gasteiger partial charge in [-0.2, -0.15) is 0 Å². The van der Waals surface area contributed by atoms with Crippen LogP contribution < -0.4 is 0 Å². The van der Waals surface area contributed by atoms with E-state index in [-0.39, 0.29) is 24.8 Å². The smallest absolute Gasteiger partial charge is 0.162 e. The Morgan fingerprint density at radius 2 is 1.62 bits per heavy atom. The van der Waals surface area contributed by atoms with Gasteiger partial charge in [-0.15, -0.1) is 24.8 Å². The highest BCUT2D eigenvalue weighted by Gasteiger charge is 2.22. The van der Waals surface area contributed by atoms with Crippen LogP contribution in [0.1, 0.15) is 75.8 Å². The zero-order chi connectivity index (χ0) is 25.6. The molecule has 0 radical (unpaired) electrons. The van der Waals surface area contributed by atoms with Crippen LogP contribution in [0, 0.1) is 19.8 Å². The third-order valence-electron chi connectivity index (χ3n) is 8.47. The molecule has 3 aromatic carbocycles. The molecular formula is C34H44Cl2N2O. The number of carbonyl (C=O) groups is 1. The van der Waals surface area contributed by atoms with Gasteiger partial charge >= 0.3 is 0 Å². The average Bonchev–Trinajstić information content (AvgIpc) is 3.10. The maximum absolute atomic E-state index is 13.2. The van der Waals surface area contributed by atoms with Crippen molar-refractivity contribution in [3.8, 4) is 0 Å². The van der Waals surface area contributed by atoms with E-state index in [1.165, 1.54) is 52.6 Å². The van der Waals surface area contributed by atoms with Gasteiger partial charge < -0.3 is 0 Å². The highest BCUT2D eigenvalue weighted by molar-refractivity contribution is 5.96. The molecule has 0 aliphatic carbocycles. The van der Waals surface area contributed by atoms with Crippen molar-refractivity contribution in [1.29, 1.82) is 0 Å². The molecule has 5 heteroatoms. The Bertz CT molecular complexity index is 1220. The largest absolute Gasteiger partial charge is 0.299 e. The molecule has 2 aliphatic heterocycles. The van der Waals surface area contributed by atoms with E-state index in [0.29, 0.717) is 18.1 Å². The minimum Gasteiger partial charge on any atom is -0.299 e. The van der Waals surface area contributed by atoms with E-state index in [4.69, 9.17) is 0 Å². The lowest BCUT2D eigenvalue weighted by Gasteiger charge is -2.32. The number of Topliss-reactive ketones (excluding diaryl/α,β-unsaturated/α-hetero) is 1. The number of fused-ring (bicyclic) bond motifs is 1. The summed E-state index contributed by atoms with van der Waals surface area (Å²) in [4.78, 5) is 18.3. The summed E-state index contributed by atoms with van der Waals surface area (Å²) >= 11 is 0. The van der Waals surface area contributed by atoms with Gasteiger partial charge in [0.25, 0.3) is 0 Å². The molecule has 2 heterocycles. The van der Waals surface area contributed by atoms with Crippen LogP contribution in [-0.2, 0) is 26.1 Å². The molecule has 3 nitrogen and oxygen atoms in total. The molecule has 0 amide bonds. The number of rotatable bonds is 8. The summed E-state index contributed by atoms with van der Waals surface area (Å²) in [5.74, 6) is 0.988. The highest BCUT2D eigenvalue weighted by atomic mass is 35.5. The number of halogens is 2. The Hall–Kier alpha value is -2.17. The summed E-state index contributed by atoms with van der Waals surface area (Å²) in [6.07, 6.45) is 6.39. The minimum atomic E-state index is 0. The van der Waals surface area contributed by atoms with Crippen molar-refractivity contribution in [1.82, 2.24) is 9.80 Å². The Kier molecular flexibility index (Phi) is 12.1. The lowest BCUT2D eigenvalue weighted by molar-refractivity contribution is 0.0961. The third kappa shape index (κ3) is 8.66. The second kappa shape index (κ2) is 15.0. The summed E-state index contributed by atoms with van der Waals surface area (Å²) in [7, 11) is 0. The predicted octanol–water partition coefficient (Wildman–Crippen LogP) is 7.97. The number of ketones is 1. The fourth-order valence-corrected chi connectivity index (χ4v) is 6.15. The molecule has 1 saturated heterocycles. The van der Waals surface area contributed by atoms with Crippen molar-refractivity contribution in [3.63, 3.8) is 0 Å². The summed E-state index contributed by atoms with van der Waals surface area (Å²) in [6, 6.07) is 24.1. The lowest BCUT2D eigenvalue weighted by atomic mass is 9.89. The summed E-state index contributed by atoms with van der Waals surface area (Å²) < 4.78 is 0.